The molecule has 3 rings (SSSR count). The fraction of sp³-hybridized carbons (Fsp3) is 0.150. The van der Waals surface area contributed by atoms with E-state index in [0.29, 0.717) is 16.3 Å². The van der Waals surface area contributed by atoms with Gasteiger partial charge in [-0.1, -0.05) is 42.5 Å². The van der Waals surface area contributed by atoms with Gasteiger partial charge in [0.15, 0.2) is 0 Å². The van der Waals surface area contributed by atoms with E-state index < -0.39 is 18.6 Å². The molecular weight excluding hydrogens is 373 g/mol. The Morgan fingerprint density at radius 1 is 0.889 bits per heavy atom. The van der Waals surface area contributed by atoms with E-state index in [-0.39, 0.29) is 5.75 Å². The first-order valence-corrected chi connectivity index (χ1v) is 9.25. The van der Waals surface area contributed by atoms with Crippen LogP contribution in [0.15, 0.2) is 71.6 Å². The molecule has 0 bridgehead atoms. The fourth-order valence-corrected chi connectivity index (χ4v) is 3.53. The molecular formula is C20H17F3N2OS. The first kappa shape index (κ1) is 19.1. The molecule has 7 heteroatoms. The van der Waals surface area contributed by atoms with Gasteiger partial charge in [-0.25, -0.2) is 4.79 Å². The summed E-state index contributed by atoms with van der Waals surface area (Å²) in [5, 5.41) is 7.52. The van der Waals surface area contributed by atoms with Crippen molar-refractivity contribution in [1.82, 2.24) is 0 Å². The number of carbonyl (C=O) groups excluding carboxylic acids is 1. The highest BCUT2D eigenvalue weighted by molar-refractivity contribution is 7.99. The molecule has 0 unspecified atom stereocenters. The van der Waals surface area contributed by atoms with Gasteiger partial charge in [-0.15, -0.1) is 11.8 Å². The highest BCUT2D eigenvalue weighted by atomic mass is 32.2. The standard InChI is InChI=1S/C20H17F3N2OS/c21-20(22,23)11-12-27-18-8-4-3-7-17(18)25-19(26)24-16-10-9-14-5-1-2-6-15(14)13-16/h1-10,13H,11-12H2,(H2,24,25,26). The Hall–Kier alpha value is -2.67. The zero-order chi connectivity index (χ0) is 19.3. The molecule has 0 radical (unpaired) electrons. The fourth-order valence-electron chi connectivity index (χ4n) is 2.52. The predicted molar refractivity (Wildman–Crippen MR) is 104 cm³/mol. The molecule has 0 fully saturated rings. The molecule has 3 nitrogen and oxygen atoms in total. The number of nitrogens with one attached hydrogen (secondary N) is 2. The topological polar surface area (TPSA) is 41.1 Å². The van der Waals surface area contributed by atoms with Gasteiger partial charge < -0.3 is 10.6 Å². The van der Waals surface area contributed by atoms with E-state index in [9.17, 15) is 18.0 Å². The van der Waals surface area contributed by atoms with E-state index in [4.69, 9.17) is 0 Å². The largest absolute Gasteiger partial charge is 0.389 e. The second-order valence-corrected chi connectivity index (χ2v) is 6.99. The zero-order valence-electron chi connectivity index (χ0n) is 14.2. The number of hydrogen-bond donors (Lipinski definition) is 2. The second-order valence-electron chi connectivity index (χ2n) is 5.85. The number of alkyl halides is 3. The van der Waals surface area contributed by atoms with E-state index in [1.54, 1.807) is 30.3 Å². The zero-order valence-corrected chi connectivity index (χ0v) is 15.0. The lowest BCUT2D eigenvalue weighted by molar-refractivity contribution is -0.129. The van der Waals surface area contributed by atoms with Crippen LogP contribution in [0.2, 0.25) is 0 Å². The first-order valence-electron chi connectivity index (χ1n) is 8.26. The van der Waals surface area contributed by atoms with Crippen LogP contribution in [-0.4, -0.2) is 18.0 Å². The van der Waals surface area contributed by atoms with Crippen molar-refractivity contribution in [3.8, 4) is 0 Å². The van der Waals surface area contributed by atoms with Gasteiger partial charge >= 0.3 is 12.2 Å². The lowest BCUT2D eigenvalue weighted by Crippen LogP contribution is -2.19. The SMILES string of the molecule is O=C(Nc1ccc2ccccc2c1)Nc1ccccc1SCCC(F)(F)F. The van der Waals surface area contributed by atoms with Crippen LogP contribution >= 0.6 is 11.8 Å². The summed E-state index contributed by atoms with van der Waals surface area (Å²) in [6.07, 6.45) is -5.07. The number of urea groups is 1. The van der Waals surface area contributed by atoms with Gasteiger partial charge in [-0.3, -0.25) is 0 Å². The molecule has 0 atom stereocenters. The summed E-state index contributed by atoms with van der Waals surface area (Å²) in [4.78, 5) is 12.9. The Morgan fingerprint density at radius 3 is 2.37 bits per heavy atom. The van der Waals surface area contributed by atoms with E-state index >= 15 is 0 Å². The number of halogens is 3. The maximum Gasteiger partial charge on any atom is 0.389 e. The van der Waals surface area contributed by atoms with Crippen molar-refractivity contribution in [3.05, 3.63) is 66.7 Å². The van der Waals surface area contributed by atoms with Crippen molar-refractivity contribution in [3.63, 3.8) is 0 Å². The molecule has 2 amide bonds. The van der Waals surface area contributed by atoms with Gasteiger partial charge in [-0.05, 0) is 35.0 Å². The smallest absolute Gasteiger partial charge is 0.308 e. The second kappa shape index (κ2) is 8.35. The summed E-state index contributed by atoms with van der Waals surface area (Å²) < 4.78 is 37.0. The van der Waals surface area contributed by atoms with Crippen molar-refractivity contribution in [2.75, 3.05) is 16.4 Å². The molecule has 3 aromatic carbocycles. The third-order valence-corrected chi connectivity index (χ3v) is 4.86. The van der Waals surface area contributed by atoms with Crippen LogP contribution in [0.5, 0.6) is 0 Å². The molecule has 0 aromatic heterocycles. The molecule has 3 aromatic rings. The van der Waals surface area contributed by atoms with Crippen LogP contribution in [0, 0.1) is 0 Å². The molecule has 0 saturated heterocycles. The Balaban J connectivity index is 1.64. The first-order chi connectivity index (χ1) is 12.9. The number of thioether (sulfide) groups is 1. The van der Waals surface area contributed by atoms with Crippen LogP contribution in [-0.2, 0) is 0 Å². The number of amides is 2. The molecule has 0 heterocycles. The Bertz CT molecular complexity index is 944. The Morgan fingerprint density at radius 2 is 1.59 bits per heavy atom. The molecule has 0 aliphatic carbocycles. The summed E-state index contributed by atoms with van der Waals surface area (Å²) in [6, 6.07) is 19.7. The number of carbonyl (C=O) groups is 1. The van der Waals surface area contributed by atoms with Crippen LogP contribution < -0.4 is 10.6 Å². The van der Waals surface area contributed by atoms with Crippen molar-refractivity contribution >= 4 is 39.9 Å². The molecule has 27 heavy (non-hydrogen) atoms. The number of fused-ring (bicyclic) bond motifs is 1. The molecule has 0 saturated carbocycles. The third kappa shape index (κ3) is 5.65. The molecule has 0 aliphatic rings. The molecule has 140 valence electrons. The Kier molecular flexibility index (Phi) is 5.91. The predicted octanol–water partition coefficient (Wildman–Crippen LogP) is 6.53. The maximum absolute atomic E-state index is 12.3. The summed E-state index contributed by atoms with van der Waals surface area (Å²) in [5.74, 6) is -0.103. The normalized spacial score (nSPS) is 11.4. The Labute approximate surface area is 159 Å². The summed E-state index contributed by atoms with van der Waals surface area (Å²) in [7, 11) is 0. The van der Waals surface area contributed by atoms with Crippen LogP contribution in [0.4, 0.5) is 29.3 Å². The molecule has 0 spiro atoms. The van der Waals surface area contributed by atoms with E-state index in [1.807, 2.05) is 36.4 Å². The summed E-state index contributed by atoms with van der Waals surface area (Å²) >= 11 is 1.06. The summed E-state index contributed by atoms with van der Waals surface area (Å²) in [5.41, 5.74) is 1.11. The molecule has 2 N–H and O–H groups in total. The van der Waals surface area contributed by atoms with Crippen LogP contribution in [0.3, 0.4) is 0 Å². The minimum Gasteiger partial charge on any atom is -0.308 e. The van der Waals surface area contributed by atoms with Gasteiger partial charge in [-0.2, -0.15) is 13.2 Å². The van der Waals surface area contributed by atoms with E-state index in [2.05, 4.69) is 10.6 Å². The van der Waals surface area contributed by atoms with Gasteiger partial charge in [0.25, 0.3) is 0 Å². The average Bonchev–Trinajstić information content (AvgIpc) is 2.62. The minimum atomic E-state index is -4.19. The third-order valence-electron chi connectivity index (χ3n) is 3.79. The number of para-hydroxylation sites is 1. The average molecular weight is 390 g/mol. The highest BCUT2D eigenvalue weighted by Gasteiger charge is 2.26. The van der Waals surface area contributed by atoms with Gasteiger partial charge in [0.05, 0.1) is 12.1 Å². The van der Waals surface area contributed by atoms with Crippen molar-refractivity contribution < 1.29 is 18.0 Å². The number of benzene rings is 3. The van der Waals surface area contributed by atoms with Gasteiger partial charge in [0, 0.05) is 16.3 Å². The van der Waals surface area contributed by atoms with Crippen molar-refractivity contribution in [1.29, 1.82) is 0 Å². The summed E-state index contributed by atoms with van der Waals surface area (Å²) in [6.45, 7) is 0. The van der Waals surface area contributed by atoms with Crippen molar-refractivity contribution in [2.24, 2.45) is 0 Å². The van der Waals surface area contributed by atoms with E-state index in [0.717, 1.165) is 22.5 Å². The van der Waals surface area contributed by atoms with Crippen LogP contribution in [0.1, 0.15) is 6.42 Å². The van der Waals surface area contributed by atoms with E-state index in [1.165, 1.54) is 0 Å². The number of rotatable bonds is 5. The lowest BCUT2D eigenvalue weighted by Gasteiger charge is -2.12. The lowest BCUT2D eigenvalue weighted by atomic mass is 10.1. The van der Waals surface area contributed by atoms with Gasteiger partial charge in [0.1, 0.15) is 0 Å². The molecule has 0 aliphatic heterocycles. The number of hydrogen-bond acceptors (Lipinski definition) is 2. The maximum atomic E-state index is 12.3. The monoisotopic (exact) mass is 390 g/mol. The quantitative estimate of drug-likeness (QED) is 0.486. The minimum absolute atomic E-state index is 0.103. The van der Waals surface area contributed by atoms with Gasteiger partial charge in [0.2, 0.25) is 0 Å². The van der Waals surface area contributed by atoms with Crippen LogP contribution in [0.25, 0.3) is 10.8 Å². The number of anilines is 2. The highest BCUT2D eigenvalue weighted by Crippen LogP contribution is 2.31. The van der Waals surface area contributed by atoms with Crippen molar-refractivity contribution in [2.45, 2.75) is 17.5 Å².